The van der Waals surface area contributed by atoms with Crippen molar-refractivity contribution in [2.45, 2.75) is 26.8 Å². The Morgan fingerprint density at radius 3 is 2.64 bits per heavy atom. The van der Waals surface area contributed by atoms with Gasteiger partial charge >= 0.3 is 5.97 Å². The summed E-state index contributed by atoms with van der Waals surface area (Å²) in [4.78, 5) is 43.1. The summed E-state index contributed by atoms with van der Waals surface area (Å²) >= 11 is 1.14. The van der Waals surface area contributed by atoms with Crippen molar-refractivity contribution >= 4 is 29.1 Å². The summed E-state index contributed by atoms with van der Waals surface area (Å²) in [5.41, 5.74) is 1.79. The molecule has 0 saturated carbocycles. The van der Waals surface area contributed by atoms with Gasteiger partial charge in [-0.3, -0.25) is 19.5 Å². The van der Waals surface area contributed by atoms with Crippen LogP contribution in [0.5, 0.6) is 11.5 Å². The molecule has 2 aromatic carbocycles. The minimum Gasteiger partial charge on any atom is -0.497 e. The highest BCUT2D eigenvalue weighted by Gasteiger charge is 2.35. The SMILES string of the molecule is CCOC(=O)C1=C(C)N=c2s/c(=C\c3ccc(-c4cccc([N+](=O)[O-])c4C)o3)c(=O)n2[C@H]1c1cc(OC)ccc1OC. The number of benzene rings is 2. The number of furan rings is 1. The average Bonchev–Trinajstić information content (AvgIpc) is 3.55. The molecule has 2 aromatic heterocycles. The number of allylic oxidation sites excluding steroid dienone is 1. The maximum Gasteiger partial charge on any atom is 0.338 e. The molecule has 0 N–H and O–H groups in total. The lowest BCUT2D eigenvalue weighted by Gasteiger charge is -2.26. The predicted molar refractivity (Wildman–Crippen MR) is 155 cm³/mol. The normalized spacial score (nSPS) is 14.8. The fourth-order valence-corrected chi connectivity index (χ4v) is 5.96. The van der Waals surface area contributed by atoms with Crippen LogP contribution in [0.3, 0.4) is 0 Å². The van der Waals surface area contributed by atoms with Gasteiger partial charge in [0.1, 0.15) is 29.1 Å². The first kappa shape index (κ1) is 28.6. The second-order valence-corrected chi connectivity index (χ2v) is 10.3. The van der Waals surface area contributed by atoms with E-state index >= 15 is 0 Å². The van der Waals surface area contributed by atoms with E-state index in [9.17, 15) is 19.7 Å². The van der Waals surface area contributed by atoms with Crippen LogP contribution in [0.2, 0.25) is 0 Å². The molecule has 4 aromatic rings. The number of methoxy groups -OCH3 is 2. The number of aromatic nitrogens is 1. The smallest absolute Gasteiger partial charge is 0.338 e. The van der Waals surface area contributed by atoms with Crippen molar-refractivity contribution in [2.24, 2.45) is 4.99 Å². The largest absolute Gasteiger partial charge is 0.497 e. The van der Waals surface area contributed by atoms with Crippen LogP contribution in [0.1, 0.15) is 36.8 Å². The second kappa shape index (κ2) is 11.5. The van der Waals surface area contributed by atoms with E-state index in [1.165, 1.54) is 24.9 Å². The Bertz CT molecular complexity index is 1930. The van der Waals surface area contributed by atoms with Gasteiger partial charge in [0.2, 0.25) is 0 Å². The summed E-state index contributed by atoms with van der Waals surface area (Å²) in [6, 6.07) is 12.4. The standard InChI is InChI=1S/C30H27N3O8S/c1-6-40-29(35)26-17(3)31-30-32(27(26)21-14-18(38-4)10-12-23(21)39-5)28(34)25(42-30)15-19-11-13-24(41-19)20-8-7-9-22(16(20)2)33(36)37/h7-15,27H,6H2,1-5H3/b25-15-/t27-/m0/s1. The van der Waals surface area contributed by atoms with Crippen molar-refractivity contribution in [1.82, 2.24) is 4.57 Å². The van der Waals surface area contributed by atoms with Crippen LogP contribution in [0, 0.1) is 17.0 Å². The van der Waals surface area contributed by atoms with Crippen molar-refractivity contribution in [3.8, 4) is 22.8 Å². The number of nitrogens with zero attached hydrogens (tertiary/aromatic N) is 3. The average molecular weight is 590 g/mol. The highest BCUT2D eigenvalue weighted by atomic mass is 32.1. The van der Waals surface area contributed by atoms with E-state index in [2.05, 4.69) is 4.99 Å². The summed E-state index contributed by atoms with van der Waals surface area (Å²) < 4.78 is 24.2. The molecule has 0 saturated heterocycles. The van der Waals surface area contributed by atoms with E-state index in [4.69, 9.17) is 18.6 Å². The van der Waals surface area contributed by atoms with E-state index in [0.29, 0.717) is 54.7 Å². The molecule has 11 nitrogen and oxygen atoms in total. The molecule has 1 atom stereocenters. The van der Waals surface area contributed by atoms with Crippen LogP contribution in [-0.2, 0) is 9.53 Å². The van der Waals surface area contributed by atoms with E-state index in [0.717, 1.165) is 11.3 Å². The number of nitro benzene ring substituents is 1. The zero-order valence-electron chi connectivity index (χ0n) is 23.5. The van der Waals surface area contributed by atoms with Crippen LogP contribution in [0.4, 0.5) is 5.69 Å². The van der Waals surface area contributed by atoms with Crippen LogP contribution >= 0.6 is 11.3 Å². The Labute approximate surface area is 243 Å². The van der Waals surface area contributed by atoms with Gasteiger partial charge in [-0.2, -0.15) is 0 Å². The molecule has 0 spiro atoms. The molecule has 1 aliphatic rings. The highest BCUT2D eigenvalue weighted by Crippen LogP contribution is 2.38. The van der Waals surface area contributed by atoms with E-state index in [-0.39, 0.29) is 17.9 Å². The molecular formula is C30H27N3O8S. The Morgan fingerprint density at radius 1 is 1.17 bits per heavy atom. The lowest BCUT2D eigenvalue weighted by molar-refractivity contribution is -0.385. The molecule has 1 aliphatic heterocycles. The van der Waals surface area contributed by atoms with Crippen LogP contribution in [-0.4, -0.2) is 36.3 Å². The van der Waals surface area contributed by atoms with Crippen molar-refractivity contribution in [3.63, 3.8) is 0 Å². The zero-order valence-corrected chi connectivity index (χ0v) is 24.3. The third kappa shape index (κ3) is 5.00. The van der Waals surface area contributed by atoms with Gasteiger partial charge in [-0.15, -0.1) is 0 Å². The van der Waals surface area contributed by atoms with Crippen molar-refractivity contribution < 1.29 is 28.3 Å². The summed E-state index contributed by atoms with van der Waals surface area (Å²) in [7, 11) is 3.03. The fourth-order valence-electron chi connectivity index (χ4n) is 4.93. The first-order valence-corrected chi connectivity index (χ1v) is 13.8. The third-order valence-electron chi connectivity index (χ3n) is 6.92. The van der Waals surface area contributed by atoms with Crippen LogP contribution in [0.25, 0.3) is 17.4 Å². The Balaban J connectivity index is 1.67. The molecule has 0 unspecified atom stereocenters. The first-order valence-electron chi connectivity index (χ1n) is 12.9. The topological polar surface area (TPSA) is 135 Å². The Kier molecular flexibility index (Phi) is 7.81. The van der Waals surface area contributed by atoms with Crippen molar-refractivity contribution in [3.05, 3.63) is 106 Å². The van der Waals surface area contributed by atoms with Crippen LogP contribution in [0.15, 0.2) is 74.0 Å². The molecule has 0 amide bonds. The number of hydrogen-bond acceptors (Lipinski definition) is 10. The first-order chi connectivity index (χ1) is 20.2. The van der Waals surface area contributed by atoms with E-state index in [1.54, 1.807) is 69.3 Å². The van der Waals surface area contributed by atoms with Gasteiger partial charge < -0.3 is 18.6 Å². The number of rotatable bonds is 8. The third-order valence-corrected chi connectivity index (χ3v) is 7.90. The number of carbonyl (C=O) groups excluding carboxylic acids is 1. The van der Waals surface area contributed by atoms with E-state index < -0.39 is 22.5 Å². The van der Waals surface area contributed by atoms with Crippen molar-refractivity contribution in [2.75, 3.05) is 20.8 Å². The zero-order chi connectivity index (χ0) is 30.1. The van der Waals surface area contributed by atoms with Crippen LogP contribution < -0.4 is 24.4 Å². The summed E-state index contributed by atoms with van der Waals surface area (Å²) in [5.74, 6) is 1.18. The second-order valence-electron chi connectivity index (χ2n) is 9.32. The lowest BCUT2D eigenvalue weighted by Crippen LogP contribution is -2.40. The maximum atomic E-state index is 14.0. The minimum atomic E-state index is -0.896. The van der Waals surface area contributed by atoms with E-state index in [1.807, 2.05) is 0 Å². The molecular weight excluding hydrogens is 562 g/mol. The van der Waals surface area contributed by atoms with Gasteiger partial charge in [0.15, 0.2) is 4.80 Å². The number of fused-ring (bicyclic) bond motifs is 1. The number of hydrogen-bond donors (Lipinski definition) is 0. The number of thiazole rings is 1. The molecule has 0 radical (unpaired) electrons. The van der Waals surface area contributed by atoms with Gasteiger partial charge in [0, 0.05) is 28.8 Å². The monoisotopic (exact) mass is 589 g/mol. The summed E-state index contributed by atoms with van der Waals surface area (Å²) in [5, 5.41) is 11.4. The molecule has 0 aliphatic carbocycles. The summed E-state index contributed by atoms with van der Waals surface area (Å²) in [6.45, 7) is 5.21. The number of nitro groups is 1. The van der Waals surface area contributed by atoms with Gasteiger partial charge in [-0.1, -0.05) is 23.5 Å². The minimum absolute atomic E-state index is 0.0143. The Hall–Kier alpha value is -4.97. The number of carbonyl (C=O) groups is 1. The van der Waals surface area contributed by atoms with Gasteiger partial charge in [-0.05, 0) is 51.1 Å². The summed E-state index contributed by atoms with van der Waals surface area (Å²) in [6.07, 6.45) is 1.59. The fraction of sp³-hybridized carbons (Fsp3) is 0.233. The van der Waals surface area contributed by atoms with Gasteiger partial charge in [-0.25, -0.2) is 9.79 Å². The van der Waals surface area contributed by atoms with Crippen molar-refractivity contribution in [1.29, 1.82) is 0 Å². The highest BCUT2D eigenvalue weighted by molar-refractivity contribution is 7.07. The lowest BCUT2D eigenvalue weighted by atomic mass is 9.95. The molecule has 0 fully saturated rings. The maximum absolute atomic E-state index is 14.0. The molecule has 216 valence electrons. The quantitative estimate of drug-likeness (QED) is 0.169. The molecule has 42 heavy (non-hydrogen) atoms. The van der Waals surface area contributed by atoms with Gasteiger partial charge in [0.25, 0.3) is 11.2 Å². The van der Waals surface area contributed by atoms with Gasteiger partial charge in [0.05, 0.1) is 41.6 Å². The Morgan fingerprint density at radius 2 is 1.95 bits per heavy atom. The molecule has 3 heterocycles. The molecule has 5 rings (SSSR count). The molecule has 12 heteroatoms. The predicted octanol–water partition coefficient (Wildman–Crippen LogP) is 4.29. The number of esters is 1. The number of ether oxygens (including phenoxy) is 3. The molecule has 0 bridgehead atoms.